The molecular weight excluding hydrogens is 386 g/mol. The van der Waals surface area contributed by atoms with Gasteiger partial charge in [-0.1, -0.05) is 41.9 Å². The van der Waals surface area contributed by atoms with Crippen LogP contribution in [0.1, 0.15) is 23.6 Å². The van der Waals surface area contributed by atoms with Crippen molar-refractivity contribution in [2.45, 2.75) is 26.4 Å². The molecule has 0 aliphatic carbocycles. The number of nitrogens with zero attached hydrogens (tertiary/aromatic N) is 3. The third kappa shape index (κ3) is 7.31. The van der Waals surface area contributed by atoms with Gasteiger partial charge in [0.2, 0.25) is 0 Å². The van der Waals surface area contributed by atoms with Gasteiger partial charge in [-0.2, -0.15) is 0 Å². The molecular formula is C22H30ClN5O. The van der Waals surface area contributed by atoms with Crippen molar-refractivity contribution in [3.8, 4) is 0 Å². The summed E-state index contributed by atoms with van der Waals surface area (Å²) in [6, 6.07) is 12.4. The second-order valence-electron chi connectivity index (χ2n) is 7.02. The molecule has 0 amide bonds. The van der Waals surface area contributed by atoms with Gasteiger partial charge in [0.05, 0.1) is 19.8 Å². The van der Waals surface area contributed by atoms with E-state index in [1.54, 1.807) is 0 Å². The zero-order valence-electron chi connectivity index (χ0n) is 17.0. The molecule has 6 nitrogen and oxygen atoms in total. The van der Waals surface area contributed by atoms with E-state index in [1.807, 2.05) is 18.3 Å². The number of hydrogen-bond acceptors (Lipinski definition) is 4. The number of halogens is 1. The number of nitrogens with one attached hydrogen (secondary N) is 2. The molecule has 1 aliphatic heterocycles. The molecule has 1 aliphatic rings. The van der Waals surface area contributed by atoms with Gasteiger partial charge in [-0.05, 0) is 36.1 Å². The smallest absolute Gasteiger partial charge is 0.191 e. The van der Waals surface area contributed by atoms with Gasteiger partial charge in [-0.15, -0.1) is 0 Å². The van der Waals surface area contributed by atoms with E-state index in [0.717, 1.165) is 63.9 Å². The van der Waals surface area contributed by atoms with Gasteiger partial charge >= 0.3 is 0 Å². The van der Waals surface area contributed by atoms with E-state index in [-0.39, 0.29) is 0 Å². The maximum Gasteiger partial charge on any atom is 0.191 e. The lowest BCUT2D eigenvalue weighted by atomic mass is 10.1. The van der Waals surface area contributed by atoms with Crippen LogP contribution in [0, 0.1) is 0 Å². The molecule has 156 valence electrons. The average Bonchev–Trinajstić information content (AvgIpc) is 2.75. The van der Waals surface area contributed by atoms with Crippen LogP contribution in [-0.2, 0) is 24.2 Å². The van der Waals surface area contributed by atoms with E-state index in [9.17, 15) is 0 Å². The number of pyridine rings is 1. The van der Waals surface area contributed by atoms with Gasteiger partial charge in [-0.3, -0.25) is 4.90 Å². The highest BCUT2D eigenvalue weighted by Gasteiger charge is 2.12. The fourth-order valence-corrected chi connectivity index (χ4v) is 3.36. The highest BCUT2D eigenvalue weighted by Crippen LogP contribution is 2.14. The van der Waals surface area contributed by atoms with Gasteiger partial charge < -0.3 is 15.4 Å². The van der Waals surface area contributed by atoms with Gasteiger partial charge in [0.25, 0.3) is 0 Å². The summed E-state index contributed by atoms with van der Waals surface area (Å²) in [7, 11) is 0. The molecule has 1 fully saturated rings. The van der Waals surface area contributed by atoms with Crippen LogP contribution < -0.4 is 10.6 Å². The molecule has 29 heavy (non-hydrogen) atoms. The van der Waals surface area contributed by atoms with Crippen LogP contribution in [0.2, 0.25) is 5.15 Å². The van der Waals surface area contributed by atoms with Gasteiger partial charge in [-0.25, -0.2) is 9.98 Å². The summed E-state index contributed by atoms with van der Waals surface area (Å²) in [5, 5.41) is 7.25. The van der Waals surface area contributed by atoms with Crippen molar-refractivity contribution in [2.24, 2.45) is 4.99 Å². The Labute approximate surface area is 178 Å². The predicted octanol–water partition coefficient (Wildman–Crippen LogP) is 2.87. The minimum Gasteiger partial charge on any atom is -0.379 e. The third-order valence-electron chi connectivity index (χ3n) is 4.86. The molecule has 1 aromatic heterocycles. The Morgan fingerprint density at radius 3 is 2.66 bits per heavy atom. The van der Waals surface area contributed by atoms with Crippen LogP contribution in [0.3, 0.4) is 0 Å². The van der Waals surface area contributed by atoms with E-state index in [0.29, 0.717) is 11.7 Å². The minimum atomic E-state index is 0.521. The highest BCUT2D eigenvalue weighted by atomic mass is 35.5. The van der Waals surface area contributed by atoms with E-state index < -0.39 is 0 Å². The second-order valence-corrected chi connectivity index (χ2v) is 7.41. The lowest BCUT2D eigenvalue weighted by Crippen LogP contribution is -2.38. The van der Waals surface area contributed by atoms with E-state index in [2.05, 4.69) is 51.7 Å². The molecule has 0 radical (unpaired) electrons. The first-order valence-electron chi connectivity index (χ1n) is 10.2. The summed E-state index contributed by atoms with van der Waals surface area (Å²) < 4.78 is 5.46. The van der Waals surface area contributed by atoms with Gasteiger partial charge in [0, 0.05) is 38.9 Å². The normalized spacial score (nSPS) is 15.3. The summed E-state index contributed by atoms with van der Waals surface area (Å²) >= 11 is 5.85. The standard InChI is InChI=1S/C22H30ClN5O/c1-2-24-22(25-10-9-18-7-8-21(23)26-15-18)27-16-19-5-3-4-6-20(19)17-28-11-13-29-14-12-28/h3-8,15H,2,9-14,16-17H2,1H3,(H2,24,25,27). The maximum absolute atomic E-state index is 5.85. The van der Waals surface area contributed by atoms with Crippen LogP contribution in [-0.4, -0.2) is 55.2 Å². The minimum absolute atomic E-state index is 0.521. The molecule has 2 aromatic rings. The summed E-state index contributed by atoms with van der Waals surface area (Å²) in [6.45, 7) is 8.89. The average molecular weight is 416 g/mol. The Kier molecular flexibility index (Phi) is 8.74. The first-order valence-corrected chi connectivity index (χ1v) is 10.6. The first-order chi connectivity index (χ1) is 14.2. The molecule has 0 atom stereocenters. The van der Waals surface area contributed by atoms with Crippen molar-refractivity contribution >= 4 is 17.6 Å². The second kappa shape index (κ2) is 11.8. The Morgan fingerprint density at radius 1 is 1.14 bits per heavy atom. The number of guanidine groups is 1. The van der Waals surface area contributed by atoms with Crippen molar-refractivity contribution in [3.05, 3.63) is 64.4 Å². The maximum atomic E-state index is 5.85. The molecule has 1 saturated heterocycles. The molecule has 3 rings (SSSR count). The van der Waals surface area contributed by atoms with Gasteiger partial charge in [0.15, 0.2) is 5.96 Å². The van der Waals surface area contributed by atoms with Crippen molar-refractivity contribution in [3.63, 3.8) is 0 Å². The van der Waals surface area contributed by atoms with Crippen molar-refractivity contribution in [1.29, 1.82) is 0 Å². The molecule has 2 N–H and O–H groups in total. The highest BCUT2D eigenvalue weighted by molar-refractivity contribution is 6.29. The Bertz CT molecular complexity index is 775. The van der Waals surface area contributed by atoms with Crippen LogP contribution in [0.15, 0.2) is 47.6 Å². The summed E-state index contributed by atoms with van der Waals surface area (Å²) in [5.41, 5.74) is 3.74. The van der Waals surface area contributed by atoms with Crippen LogP contribution in [0.5, 0.6) is 0 Å². The Balaban J connectivity index is 1.56. The zero-order valence-corrected chi connectivity index (χ0v) is 17.8. The van der Waals surface area contributed by atoms with E-state index in [1.165, 1.54) is 11.1 Å². The number of aliphatic imine (C=N–C) groups is 1. The van der Waals surface area contributed by atoms with Crippen LogP contribution >= 0.6 is 11.6 Å². The quantitative estimate of drug-likeness (QED) is 0.394. The van der Waals surface area contributed by atoms with E-state index >= 15 is 0 Å². The fourth-order valence-electron chi connectivity index (χ4n) is 3.25. The zero-order chi connectivity index (χ0) is 20.3. The number of aromatic nitrogens is 1. The number of ether oxygens (including phenoxy) is 1. The van der Waals surface area contributed by atoms with E-state index in [4.69, 9.17) is 21.3 Å². The summed E-state index contributed by atoms with van der Waals surface area (Å²) in [6.07, 6.45) is 2.68. The molecule has 0 unspecified atom stereocenters. The van der Waals surface area contributed by atoms with Crippen molar-refractivity contribution in [1.82, 2.24) is 20.5 Å². The molecule has 0 spiro atoms. The number of morpholine rings is 1. The molecule has 2 heterocycles. The predicted molar refractivity (Wildman–Crippen MR) is 118 cm³/mol. The largest absolute Gasteiger partial charge is 0.379 e. The number of hydrogen-bond donors (Lipinski definition) is 2. The van der Waals surface area contributed by atoms with Gasteiger partial charge in [0.1, 0.15) is 5.15 Å². The Morgan fingerprint density at radius 2 is 1.93 bits per heavy atom. The van der Waals surface area contributed by atoms with Crippen molar-refractivity contribution < 1.29 is 4.74 Å². The number of rotatable bonds is 8. The topological polar surface area (TPSA) is 61.8 Å². The molecule has 0 saturated carbocycles. The molecule has 7 heteroatoms. The van der Waals surface area contributed by atoms with Crippen molar-refractivity contribution in [2.75, 3.05) is 39.4 Å². The van der Waals surface area contributed by atoms with Crippen LogP contribution in [0.25, 0.3) is 0 Å². The lowest BCUT2D eigenvalue weighted by molar-refractivity contribution is 0.0341. The third-order valence-corrected chi connectivity index (χ3v) is 5.09. The first kappa shape index (κ1) is 21.6. The Hall–Kier alpha value is -2.15. The number of benzene rings is 1. The lowest BCUT2D eigenvalue weighted by Gasteiger charge is -2.27. The SMILES string of the molecule is CCNC(=NCc1ccccc1CN1CCOCC1)NCCc1ccc(Cl)nc1. The molecule has 1 aromatic carbocycles. The summed E-state index contributed by atoms with van der Waals surface area (Å²) in [4.78, 5) is 11.4. The molecule has 0 bridgehead atoms. The summed E-state index contributed by atoms with van der Waals surface area (Å²) in [5.74, 6) is 0.829. The monoisotopic (exact) mass is 415 g/mol. The fraction of sp³-hybridized carbons (Fsp3) is 0.455. The van der Waals surface area contributed by atoms with Crippen LogP contribution in [0.4, 0.5) is 0 Å².